The van der Waals surface area contributed by atoms with Gasteiger partial charge in [0.05, 0.1) is 23.5 Å². The maximum absolute atomic E-state index is 13.6. The lowest BCUT2D eigenvalue weighted by molar-refractivity contribution is 0.0904. The molecule has 5 rings (SSSR count). The second-order valence-electron chi connectivity index (χ2n) is 10.1. The van der Waals surface area contributed by atoms with Crippen molar-refractivity contribution in [2.75, 3.05) is 31.1 Å². The second kappa shape index (κ2) is 12.2. The summed E-state index contributed by atoms with van der Waals surface area (Å²) in [5.74, 6) is -0.415. The number of amides is 1. The van der Waals surface area contributed by atoms with Gasteiger partial charge in [-0.05, 0) is 92.9 Å². The zero-order valence-corrected chi connectivity index (χ0v) is 21.4. The maximum atomic E-state index is 13.6. The van der Waals surface area contributed by atoms with Gasteiger partial charge in [0, 0.05) is 37.4 Å². The van der Waals surface area contributed by atoms with Crippen LogP contribution in [0.2, 0.25) is 0 Å². The van der Waals surface area contributed by atoms with Gasteiger partial charge in [0.1, 0.15) is 11.5 Å². The lowest BCUT2D eigenvalue weighted by Crippen LogP contribution is -2.44. The molecule has 0 atom stereocenters. The molecule has 2 aliphatic rings. The van der Waals surface area contributed by atoms with E-state index in [2.05, 4.69) is 31.5 Å². The van der Waals surface area contributed by atoms with Gasteiger partial charge in [-0.2, -0.15) is 5.26 Å². The van der Waals surface area contributed by atoms with Crippen molar-refractivity contribution in [3.8, 4) is 6.07 Å². The van der Waals surface area contributed by atoms with Crippen LogP contribution in [0.1, 0.15) is 47.3 Å². The van der Waals surface area contributed by atoms with Crippen molar-refractivity contribution < 1.29 is 9.18 Å². The van der Waals surface area contributed by atoms with E-state index in [1.54, 1.807) is 24.4 Å². The number of nitriles is 1. The molecule has 0 radical (unpaired) electrons. The first-order valence-corrected chi connectivity index (χ1v) is 13.3. The Morgan fingerprint density at radius 2 is 1.68 bits per heavy atom. The van der Waals surface area contributed by atoms with Crippen LogP contribution in [0.3, 0.4) is 0 Å². The number of likely N-dealkylation sites (tertiary alicyclic amines) is 1. The highest BCUT2D eigenvalue weighted by atomic mass is 19.1. The lowest BCUT2D eigenvalue weighted by Gasteiger charge is -2.36. The Bertz CT molecular complexity index is 1240. The van der Waals surface area contributed by atoms with E-state index in [9.17, 15) is 9.18 Å². The molecule has 196 valence electrons. The van der Waals surface area contributed by atoms with Crippen molar-refractivity contribution >= 4 is 17.3 Å². The van der Waals surface area contributed by atoms with Gasteiger partial charge in [-0.25, -0.2) is 9.37 Å². The van der Waals surface area contributed by atoms with Crippen LogP contribution < -0.4 is 15.5 Å². The van der Waals surface area contributed by atoms with E-state index >= 15 is 0 Å². The molecule has 3 heterocycles. The summed E-state index contributed by atoms with van der Waals surface area (Å²) in [6.45, 7) is 4.52. The minimum atomic E-state index is -0.260. The molecule has 0 spiro atoms. The quantitative estimate of drug-likeness (QED) is 0.489. The van der Waals surface area contributed by atoms with Crippen LogP contribution in [0.5, 0.6) is 0 Å². The highest BCUT2D eigenvalue weighted by Crippen LogP contribution is 2.31. The minimum absolute atomic E-state index is 0.117. The number of pyridine rings is 1. The fraction of sp³-hybridized carbons (Fsp3) is 0.367. The topological polar surface area (TPSA) is 84.3 Å². The number of halogens is 1. The number of carbonyl (C=O) groups is 1. The summed E-state index contributed by atoms with van der Waals surface area (Å²) in [5.41, 5.74) is 4.08. The molecule has 7 nitrogen and oxygen atoms in total. The molecule has 1 amide bonds. The smallest absolute Gasteiger partial charge is 0.270 e. The molecule has 0 unspecified atom stereocenters. The van der Waals surface area contributed by atoms with Gasteiger partial charge in [0.25, 0.3) is 5.91 Å². The molecule has 0 aliphatic carbocycles. The molecule has 0 bridgehead atoms. The molecule has 0 saturated carbocycles. The number of nitrogens with one attached hydrogen (secondary N) is 2. The zero-order chi connectivity index (χ0) is 26.3. The standard InChI is InChI=1S/C30H33FN6O/c31-24-5-7-26(8-6-24)37(27-11-15-33-16-12-27)28-9-10-29(34-20-28)30(38)35-25-13-17-36(18-14-25)21-23-3-1-22(19-32)2-4-23/h1-10,20,25,27,33H,11-18,21H2,(H,35,38). The fourth-order valence-corrected chi connectivity index (χ4v) is 5.34. The van der Waals surface area contributed by atoms with E-state index in [0.29, 0.717) is 11.3 Å². The summed E-state index contributed by atoms with van der Waals surface area (Å²) in [6.07, 6.45) is 5.47. The molecule has 3 aromatic rings. The third kappa shape index (κ3) is 6.36. The van der Waals surface area contributed by atoms with Crippen LogP contribution in [0.25, 0.3) is 0 Å². The van der Waals surface area contributed by atoms with Crippen LogP contribution in [0.4, 0.5) is 15.8 Å². The molecule has 1 aromatic heterocycles. The monoisotopic (exact) mass is 512 g/mol. The summed E-state index contributed by atoms with van der Waals surface area (Å²) in [6, 6.07) is 20.5. The number of carbonyl (C=O) groups excluding carboxylic acids is 1. The van der Waals surface area contributed by atoms with E-state index in [4.69, 9.17) is 5.26 Å². The van der Waals surface area contributed by atoms with Gasteiger partial charge >= 0.3 is 0 Å². The maximum Gasteiger partial charge on any atom is 0.270 e. The molecule has 2 aliphatic heterocycles. The van der Waals surface area contributed by atoms with Crippen molar-refractivity contribution in [1.82, 2.24) is 20.5 Å². The van der Waals surface area contributed by atoms with Gasteiger partial charge in [0.2, 0.25) is 0 Å². The third-order valence-electron chi connectivity index (χ3n) is 7.45. The first-order chi connectivity index (χ1) is 18.6. The molecule has 38 heavy (non-hydrogen) atoms. The average molecular weight is 513 g/mol. The SMILES string of the molecule is N#Cc1ccc(CN2CCC(NC(=O)c3ccc(N(c4ccc(F)cc4)C4CCNCC4)cn3)CC2)cc1. The fourth-order valence-electron chi connectivity index (χ4n) is 5.34. The average Bonchev–Trinajstić information content (AvgIpc) is 2.96. The largest absolute Gasteiger partial charge is 0.348 e. The number of piperidine rings is 2. The van der Waals surface area contributed by atoms with Gasteiger partial charge in [0.15, 0.2) is 0 Å². The number of benzene rings is 2. The van der Waals surface area contributed by atoms with Crippen LogP contribution in [0, 0.1) is 17.1 Å². The highest BCUT2D eigenvalue weighted by Gasteiger charge is 2.25. The first kappa shape index (κ1) is 25.8. The summed E-state index contributed by atoms with van der Waals surface area (Å²) >= 11 is 0. The summed E-state index contributed by atoms with van der Waals surface area (Å²) < 4.78 is 13.6. The molecular formula is C30H33FN6O. The van der Waals surface area contributed by atoms with Crippen molar-refractivity contribution in [3.05, 3.63) is 89.5 Å². The number of aromatic nitrogens is 1. The number of anilines is 2. The van der Waals surface area contributed by atoms with Crippen molar-refractivity contribution in [3.63, 3.8) is 0 Å². The number of hydrogen-bond acceptors (Lipinski definition) is 6. The molecule has 2 saturated heterocycles. The Balaban J connectivity index is 1.18. The van der Waals surface area contributed by atoms with Crippen LogP contribution in [0.15, 0.2) is 66.9 Å². The van der Waals surface area contributed by atoms with Crippen LogP contribution in [-0.4, -0.2) is 54.1 Å². The van der Waals surface area contributed by atoms with Gasteiger partial charge in [-0.3, -0.25) is 9.69 Å². The van der Waals surface area contributed by atoms with Gasteiger partial charge in [-0.15, -0.1) is 0 Å². The molecule has 2 fully saturated rings. The third-order valence-corrected chi connectivity index (χ3v) is 7.45. The Labute approximate surface area is 223 Å². The molecular weight excluding hydrogens is 479 g/mol. The minimum Gasteiger partial charge on any atom is -0.348 e. The van der Waals surface area contributed by atoms with Crippen molar-refractivity contribution in [2.24, 2.45) is 0 Å². The predicted molar refractivity (Wildman–Crippen MR) is 146 cm³/mol. The molecule has 8 heteroatoms. The Hall–Kier alpha value is -3.80. The molecule has 2 N–H and O–H groups in total. The summed E-state index contributed by atoms with van der Waals surface area (Å²) in [4.78, 5) is 22.1. The Kier molecular flexibility index (Phi) is 8.27. The molecule has 2 aromatic carbocycles. The van der Waals surface area contributed by atoms with Crippen molar-refractivity contribution in [2.45, 2.75) is 44.3 Å². The van der Waals surface area contributed by atoms with Crippen molar-refractivity contribution in [1.29, 1.82) is 5.26 Å². The predicted octanol–water partition coefficient (Wildman–Crippen LogP) is 4.38. The van der Waals surface area contributed by atoms with Gasteiger partial charge < -0.3 is 15.5 Å². The highest BCUT2D eigenvalue weighted by molar-refractivity contribution is 5.92. The second-order valence-corrected chi connectivity index (χ2v) is 10.1. The van der Waals surface area contributed by atoms with E-state index < -0.39 is 0 Å². The summed E-state index contributed by atoms with van der Waals surface area (Å²) in [7, 11) is 0. The Morgan fingerprint density at radius 1 is 1.00 bits per heavy atom. The Morgan fingerprint density at radius 3 is 2.32 bits per heavy atom. The van der Waals surface area contributed by atoms with E-state index in [1.165, 1.54) is 17.7 Å². The first-order valence-electron chi connectivity index (χ1n) is 13.3. The number of hydrogen-bond donors (Lipinski definition) is 2. The number of rotatable bonds is 7. The number of nitrogens with zero attached hydrogens (tertiary/aromatic N) is 4. The summed E-state index contributed by atoms with van der Waals surface area (Å²) in [5, 5.41) is 15.5. The van der Waals surface area contributed by atoms with E-state index in [1.807, 2.05) is 30.3 Å². The van der Waals surface area contributed by atoms with E-state index in [0.717, 1.165) is 69.8 Å². The van der Waals surface area contributed by atoms with Crippen LogP contribution in [-0.2, 0) is 6.54 Å². The van der Waals surface area contributed by atoms with E-state index in [-0.39, 0.29) is 23.8 Å². The normalized spacial score (nSPS) is 17.1. The van der Waals surface area contributed by atoms with Crippen LogP contribution >= 0.6 is 0 Å². The lowest BCUT2D eigenvalue weighted by atomic mass is 10.0. The van der Waals surface area contributed by atoms with Gasteiger partial charge in [-0.1, -0.05) is 12.1 Å². The zero-order valence-electron chi connectivity index (χ0n) is 21.4.